The van der Waals surface area contributed by atoms with Crippen LogP contribution < -0.4 is 10.6 Å². The molecule has 2 aromatic rings. The molecule has 0 spiro atoms. The van der Waals surface area contributed by atoms with Gasteiger partial charge in [-0.3, -0.25) is 15.1 Å². The molecule has 0 aliphatic rings. The minimum Gasteiger partial charge on any atom is -0.331 e. The van der Waals surface area contributed by atoms with Gasteiger partial charge in [-0.1, -0.05) is 12.1 Å². The number of nitro benzene ring substituents is 1. The highest BCUT2D eigenvalue weighted by Gasteiger charge is 2.13. The van der Waals surface area contributed by atoms with Crippen LogP contribution >= 0.6 is 12.2 Å². The van der Waals surface area contributed by atoms with Crippen LogP contribution in [0.5, 0.6) is 0 Å². The molecule has 0 radical (unpaired) electrons. The van der Waals surface area contributed by atoms with E-state index in [0.29, 0.717) is 11.4 Å². The lowest BCUT2D eigenvalue weighted by atomic mass is 10.3. The van der Waals surface area contributed by atoms with E-state index in [1.165, 1.54) is 6.07 Å². The van der Waals surface area contributed by atoms with Crippen molar-refractivity contribution >= 4 is 34.4 Å². The van der Waals surface area contributed by atoms with E-state index in [1.54, 1.807) is 42.7 Å². The van der Waals surface area contributed by atoms with Gasteiger partial charge in [-0.15, -0.1) is 0 Å². The van der Waals surface area contributed by atoms with Crippen LogP contribution in [0.25, 0.3) is 0 Å². The van der Waals surface area contributed by atoms with Gasteiger partial charge in [-0.25, -0.2) is 0 Å². The van der Waals surface area contributed by atoms with E-state index in [0.717, 1.165) is 0 Å². The third kappa shape index (κ3) is 3.46. The molecule has 1 heterocycles. The summed E-state index contributed by atoms with van der Waals surface area (Å²) >= 11 is 5.09. The maximum absolute atomic E-state index is 10.9. The summed E-state index contributed by atoms with van der Waals surface area (Å²) in [6, 6.07) is 9.85. The summed E-state index contributed by atoms with van der Waals surface area (Å²) in [7, 11) is 0. The number of anilines is 2. The highest BCUT2D eigenvalue weighted by Crippen LogP contribution is 2.23. The number of hydrogen-bond acceptors (Lipinski definition) is 4. The van der Waals surface area contributed by atoms with Crippen LogP contribution in [-0.4, -0.2) is 15.0 Å². The molecule has 0 aliphatic carbocycles. The molecule has 19 heavy (non-hydrogen) atoms. The lowest BCUT2D eigenvalue weighted by molar-refractivity contribution is -0.383. The Morgan fingerprint density at radius 1 is 1.21 bits per heavy atom. The Labute approximate surface area is 114 Å². The van der Waals surface area contributed by atoms with Crippen molar-refractivity contribution in [3.63, 3.8) is 0 Å². The van der Waals surface area contributed by atoms with Gasteiger partial charge in [0.15, 0.2) is 5.11 Å². The van der Waals surface area contributed by atoms with Crippen molar-refractivity contribution in [1.82, 2.24) is 4.98 Å². The van der Waals surface area contributed by atoms with Crippen molar-refractivity contribution in [3.05, 3.63) is 58.9 Å². The zero-order valence-electron chi connectivity index (χ0n) is 9.74. The molecule has 0 atom stereocenters. The fourth-order valence-electron chi connectivity index (χ4n) is 1.46. The maximum Gasteiger partial charge on any atom is 0.292 e. The average molecular weight is 274 g/mol. The van der Waals surface area contributed by atoms with E-state index in [4.69, 9.17) is 12.2 Å². The normalized spacial score (nSPS) is 9.68. The molecule has 2 N–H and O–H groups in total. The SMILES string of the molecule is O=[N+]([O-])c1ccccc1NC(=S)Nc1cccnc1. The summed E-state index contributed by atoms with van der Waals surface area (Å²) in [5.41, 5.74) is 1.02. The third-order valence-electron chi connectivity index (χ3n) is 2.27. The molecular formula is C12H10N4O2S. The topological polar surface area (TPSA) is 80.1 Å². The second-order valence-corrected chi connectivity index (χ2v) is 4.00. The molecule has 6 nitrogen and oxygen atoms in total. The minimum absolute atomic E-state index is 0.0298. The number of pyridine rings is 1. The number of benzene rings is 1. The molecule has 96 valence electrons. The summed E-state index contributed by atoms with van der Waals surface area (Å²) in [6.45, 7) is 0. The van der Waals surface area contributed by atoms with Crippen LogP contribution in [0.1, 0.15) is 0 Å². The van der Waals surface area contributed by atoms with Crippen LogP contribution in [0, 0.1) is 10.1 Å². The van der Waals surface area contributed by atoms with Gasteiger partial charge in [0.05, 0.1) is 16.8 Å². The Balaban J connectivity index is 2.09. The van der Waals surface area contributed by atoms with Gasteiger partial charge in [0.2, 0.25) is 0 Å². The minimum atomic E-state index is -0.463. The van der Waals surface area contributed by atoms with E-state index >= 15 is 0 Å². The van der Waals surface area contributed by atoms with Crippen LogP contribution in [0.15, 0.2) is 48.8 Å². The van der Waals surface area contributed by atoms with Crippen LogP contribution in [0.4, 0.5) is 17.1 Å². The molecule has 2 rings (SSSR count). The summed E-state index contributed by atoms with van der Waals surface area (Å²) in [6.07, 6.45) is 3.25. The van der Waals surface area contributed by atoms with Crippen LogP contribution in [-0.2, 0) is 0 Å². The standard InChI is InChI=1S/C12H10N4O2S/c17-16(18)11-6-2-1-5-10(11)15-12(19)14-9-4-3-7-13-8-9/h1-8H,(H2,14,15,19). The molecular weight excluding hydrogens is 264 g/mol. The molecule has 1 aromatic carbocycles. The number of rotatable bonds is 3. The van der Waals surface area contributed by atoms with E-state index in [2.05, 4.69) is 15.6 Å². The summed E-state index contributed by atoms with van der Waals surface area (Å²) < 4.78 is 0. The van der Waals surface area contributed by atoms with Crippen LogP contribution in [0.3, 0.4) is 0 Å². The van der Waals surface area contributed by atoms with Crippen molar-refractivity contribution in [2.75, 3.05) is 10.6 Å². The van der Waals surface area contributed by atoms with E-state index in [9.17, 15) is 10.1 Å². The van der Waals surface area contributed by atoms with Gasteiger partial charge in [-0.2, -0.15) is 0 Å². The first-order chi connectivity index (χ1) is 9.16. The van der Waals surface area contributed by atoms with Gasteiger partial charge in [0.25, 0.3) is 5.69 Å². The van der Waals surface area contributed by atoms with Gasteiger partial charge in [0, 0.05) is 12.3 Å². The van der Waals surface area contributed by atoms with E-state index < -0.39 is 4.92 Å². The second-order valence-electron chi connectivity index (χ2n) is 3.60. The summed E-state index contributed by atoms with van der Waals surface area (Å²) in [5, 5.41) is 16.8. The molecule has 0 amide bonds. The Morgan fingerprint density at radius 2 is 2.00 bits per heavy atom. The fourth-order valence-corrected chi connectivity index (χ4v) is 1.69. The predicted molar refractivity (Wildman–Crippen MR) is 77.2 cm³/mol. The number of nitrogens with one attached hydrogen (secondary N) is 2. The monoisotopic (exact) mass is 274 g/mol. The van der Waals surface area contributed by atoms with Gasteiger partial charge in [0.1, 0.15) is 5.69 Å². The quantitative estimate of drug-likeness (QED) is 0.509. The van der Waals surface area contributed by atoms with Crippen LogP contribution in [0.2, 0.25) is 0 Å². The third-order valence-corrected chi connectivity index (χ3v) is 2.47. The largest absolute Gasteiger partial charge is 0.331 e. The van der Waals surface area contributed by atoms with E-state index in [-0.39, 0.29) is 10.8 Å². The first-order valence-electron chi connectivity index (χ1n) is 5.38. The molecule has 0 aliphatic heterocycles. The molecule has 1 aromatic heterocycles. The first-order valence-corrected chi connectivity index (χ1v) is 5.79. The van der Waals surface area contributed by atoms with Crippen molar-refractivity contribution in [1.29, 1.82) is 0 Å². The highest BCUT2D eigenvalue weighted by atomic mass is 32.1. The van der Waals surface area contributed by atoms with Gasteiger partial charge >= 0.3 is 0 Å². The smallest absolute Gasteiger partial charge is 0.292 e. The van der Waals surface area contributed by atoms with Crippen molar-refractivity contribution in [3.8, 4) is 0 Å². The zero-order chi connectivity index (χ0) is 13.7. The molecule has 0 saturated heterocycles. The fraction of sp³-hybridized carbons (Fsp3) is 0. The Bertz CT molecular complexity index is 604. The lowest BCUT2D eigenvalue weighted by Gasteiger charge is -2.10. The Kier molecular flexibility index (Phi) is 3.99. The van der Waals surface area contributed by atoms with Gasteiger partial charge < -0.3 is 10.6 Å². The molecule has 0 bridgehead atoms. The number of nitro groups is 1. The number of nitrogens with zero attached hydrogens (tertiary/aromatic N) is 2. The molecule has 7 heteroatoms. The zero-order valence-corrected chi connectivity index (χ0v) is 10.6. The Hall–Kier alpha value is -2.54. The lowest BCUT2D eigenvalue weighted by Crippen LogP contribution is -2.19. The summed E-state index contributed by atoms with van der Waals surface area (Å²) in [4.78, 5) is 14.3. The predicted octanol–water partition coefficient (Wildman–Crippen LogP) is 2.80. The van der Waals surface area contributed by atoms with Crippen molar-refractivity contribution < 1.29 is 4.92 Å². The molecule has 0 unspecified atom stereocenters. The number of hydrogen-bond donors (Lipinski definition) is 2. The molecule has 0 saturated carbocycles. The second kappa shape index (κ2) is 5.87. The number of thiocarbonyl (C=S) groups is 1. The maximum atomic E-state index is 10.9. The van der Waals surface area contributed by atoms with Crippen molar-refractivity contribution in [2.45, 2.75) is 0 Å². The van der Waals surface area contributed by atoms with Gasteiger partial charge in [-0.05, 0) is 30.4 Å². The van der Waals surface area contributed by atoms with Crippen molar-refractivity contribution in [2.24, 2.45) is 0 Å². The summed E-state index contributed by atoms with van der Waals surface area (Å²) in [5.74, 6) is 0. The number of aromatic nitrogens is 1. The van der Waals surface area contributed by atoms with E-state index in [1.807, 2.05) is 0 Å². The first kappa shape index (κ1) is 12.9. The average Bonchev–Trinajstić information content (AvgIpc) is 2.40. The Morgan fingerprint density at radius 3 is 2.68 bits per heavy atom. The molecule has 0 fully saturated rings. The number of para-hydroxylation sites is 2. The highest BCUT2D eigenvalue weighted by molar-refractivity contribution is 7.80.